The smallest absolute Gasteiger partial charge is 0.0714 e. The zero-order valence-corrected chi connectivity index (χ0v) is 60.7. The van der Waals surface area contributed by atoms with Gasteiger partial charge in [0.05, 0.1) is 22.0 Å². The molecule has 0 N–H and O–H groups in total. The van der Waals surface area contributed by atoms with Crippen LogP contribution in [0.15, 0.2) is 419 Å². The van der Waals surface area contributed by atoms with E-state index in [4.69, 9.17) is 0 Å². The van der Waals surface area contributed by atoms with Crippen LogP contribution in [-0.4, -0.2) is 4.40 Å². The predicted molar refractivity (Wildman–Crippen MR) is 472 cm³/mol. The summed E-state index contributed by atoms with van der Waals surface area (Å²) in [6.45, 7) is 4.73. The third-order valence-corrected chi connectivity index (χ3v) is 23.1. The number of hydrogen-bond donors (Lipinski definition) is 0. The van der Waals surface area contributed by atoms with Crippen LogP contribution in [0.25, 0.3) is 116 Å². The quantitative estimate of drug-likeness (QED) is 0.114. The van der Waals surface area contributed by atoms with E-state index in [-0.39, 0.29) is 20.3 Å². The fraction of sp³-hybridized carbons (Fsp3) is 0.0556. The van der Waals surface area contributed by atoms with Gasteiger partial charge in [-0.05, 0) is 208 Å². The van der Waals surface area contributed by atoms with E-state index in [0.717, 1.165) is 34.1 Å². The van der Waals surface area contributed by atoms with Crippen molar-refractivity contribution in [2.24, 2.45) is 0 Å². The van der Waals surface area contributed by atoms with Gasteiger partial charge in [0.25, 0.3) is 0 Å². The minimum atomic E-state index is -0.493. The third kappa shape index (κ3) is 11.7. The fourth-order valence-corrected chi connectivity index (χ4v) is 17.9. The van der Waals surface area contributed by atoms with Crippen molar-refractivity contribution in [2.45, 2.75) is 39.5 Å². The molecule has 0 amide bonds. The number of anilines is 6. The molecule has 17 aromatic carbocycles. The van der Waals surface area contributed by atoms with E-state index in [2.05, 4.69) is 447 Å². The molecule has 0 spiro atoms. The molecule has 530 valence electrons. The van der Waals surface area contributed by atoms with Crippen LogP contribution >= 0.6 is 0 Å². The molecule has 3 heteroatoms. The van der Waals surface area contributed by atoms with Crippen molar-refractivity contribution in [3.63, 3.8) is 0 Å². The molecule has 21 rings (SSSR count). The molecule has 0 radical (unpaired) electrons. The summed E-state index contributed by atoms with van der Waals surface area (Å²) >= 11 is 0. The molecule has 3 nitrogen and oxygen atoms in total. The van der Waals surface area contributed by atoms with Crippen LogP contribution in [0.2, 0.25) is 0 Å². The minimum Gasteiger partial charge on any atom is -0.311 e. The summed E-state index contributed by atoms with van der Waals surface area (Å²) in [6, 6.07) is 153. The van der Waals surface area contributed by atoms with E-state index < -0.39 is 5.41 Å². The summed E-state index contributed by atoms with van der Waals surface area (Å²) in [6.07, 6.45) is 0. The minimum absolute atomic E-state index is 0. The average Bonchev–Trinajstić information content (AvgIpc) is 1.56. The summed E-state index contributed by atoms with van der Waals surface area (Å²) in [5.74, 6) is 0. The van der Waals surface area contributed by atoms with Gasteiger partial charge >= 0.3 is 0 Å². The summed E-state index contributed by atoms with van der Waals surface area (Å²) in [7, 11) is 0. The van der Waals surface area contributed by atoms with Gasteiger partial charge in [-0.3, -0.25) is 0 Å². The average molecular weight is 1420 g/mol. The third-order valence-electron chi connectivity index (χ3n) is 23.1. The van der Waals surface area contributed by atoms with Gasteiger partial charge in [-0.25, -0.2) is 0 Å². The van der Waals surface area contributed by atoms with Gasteiger partial charge in [0.1, 0.15) is 0 Å². The van der Waals surface area contributed by atoms with Crippen molar-refractivity contribution in [3.8, 4) is 77.9 Å². The Balaban J connectivity index is 0.000000155. The monoisotopic (exact) mass is 1420 g/mol. The molecule has 0 aliphatic heterocycles. The number of aromatic nitrogens is 1. The summed E-state index contributed by atoms with van der Waals surface area (Å²) in [5.41, 5.74) is 35.1. The zero-order chi connectivity index (χ0) is 72.6. The highest BCUT2D eigenvalue weighted by molar-refractivity contribution is 6.24. The lowest BCUT2D eigenvalue weighted by molar-refractivity contribution is 0.660. The van der Waals surface area contributed by atoms with Crippen molar-refractivity contribution in [2.75, 3.05) is 9.80 Å². The largest absolute Gasteiger partial charge is 0.311 e. The second-order valence-corrected chi connectivity index (χ2v) is 29.5. The van der Waals surface area contributed by atoms with Gasteiger partial charge in [-0.2, -0.15) is 0 Å². The SMILES string of the molecule is C.C.CC1(C)c2ccccc2-c2ccc(N(c3ccc(-c4ccc(-c5ccccc5)cc4)cc3)c3ccc4c(c3)C(c3ccccc3)(c3ccccc3)c3ccccc3-4)cc21.c1ccc(-c2ccc(N(c3ccc(-c4ccccc4)cc3)c3ccc(-c4cc5c6ccccc6n6c7ccccc7c(c4)c56)cc3)cc2)cc1. The molecule has 19 aromatic rings. The highest BCUT2D eigenvalue weighted by Gasteiger charge is 2.46. The van der Waals surface area contributed by atoms with E-state index in [1.165, 1.54) is 149 Å². The topological polar surface area (TPSA) is 10.9 Å². The second kappa shape index (κ2) is 28.4. The Morgan fingerprint density at radius 1 is 0.207 bits per heavy atom. The first kappa shape index (κ1) is 68.9. The van der Waals surface area contributed by atoms with Gasteiger partial charge in [-0.15, -0.1) is 0 Å². The van der Waals surface area contributed by atoms with Crippen LogP contribution in [-0.2, 0) is 10.8 Å². The maximum atomic E-state index is 2.47. The molecular formula is C108H83N3. The van der Waals surface area contributed by atoms with Crippen LogP contribution in [0, 0.1) is 0 Å². The van der Waals surface area contributed by atoms with Crippen molar-refractivity contribution in [1.82, 2.24) is 4.40 Å². The Hall–Kier alpha value is -13.9. The lowest BCUT2D eigenvalue weighted by Crippen LogP contribution is -2.28. The summed E-state index contributed by atoms with van der Waals surface area (Å²) < 4.78 is 2.44. The highest BCUT2D eigenvalue weighted by Crippen LogP contribution is 2.58. The number of hydrogen-bond acceptors (Lipinski definition) is 2. The van der Waals surface area contributed by atoms with E-state index in [9.17, 15) is 0 Å². The number of para-hydroxylation sites is 2. The highest BCUT2D eigenvalue weighted by atomic mass is 15.1. The van der Waals surface area contributed by atoms with Crippen LogP contribution in [0.3, 0.4) is 0 Å². The predicted octanol–water partition coefficient (Wildman–Crippen LogP) is 29.7. The van der Waals surface area contributed by atoms with E-state index in [1.807, 2.05) is 0 Å². The molecule has 0 bridgehead atoms. The molecule has 2 aliphatic rings. The fourth-order valence-electron chi connectivity index (χ4n) is 17.9. The molecule has 2 heterocycles. The van der Waals surface area contributed by atoms with Crippen molar-refractivity contribution >= 4 is 72.2 Å². The second-order valence-electron chi connectivity index (χ2n) is 29.5. The lowest BCUT2D eigenvalue weighted by Gasteiger charge is -2.35. The van der Waals surface area contributed by atoms with Crippen molar-refractivity contribution < 1.29 is 0 Å². The molecule has 111 heavy (non-hydrogen) atoms. The Bertz CT molecular complexity index is 6340. The number of nitrogens with zero attached hydrogens (tertiary/aromatic N) is 3. The first-order chi connectivity index (χ1) is 53.8. The molecule has 0 saturated heterocycles. The normalized spacial score (nSPS) is 12.6. The maximum Gasteiger partial charge on any atom is 0.0714 e. The Morgan fingerprint density at radius 2 is 0.486 bits per heavy atom. The van der Waals surface area contributed by atoms with Gasteiger partial charge < -0.3 is 14.2 Å². The number of rotatable bonds is 13. The molecule has 0 saturated carbocycles. The van der Waals surface area contributed by atoms with Crippen molar-refractivity contribution in [1.29, 1.82) is 0 Å². The van der Waals surface area contributed by atoms with E-state index in [0.29, 0.717) is 0 Å². The lowest BCUT2D eigenvalue weighted by atomic mass is 9.67. The maximum absolute atomic E-state index is 2.47. The molecule has 0 fully saturated rings. The van der Waals surface area contributed by atoms with Crippen LogP contribution < -0.4 is 9.80 Å². The Labute approximate surface area is 651 Å². The van der Waals surface area contributed by atoms with E-state index >= 15 is 0 Å². The molecular weight excluding hydrogens is 1340 g/mol. The summed E-state index contributed by atoms with van der Waals surface area (Å²) in [5, 5.41) is 5.18. The first-order valence-electron chi connectivity index (χ1n) is 37.9. The molecule has 0 atom stereocenters. The van der Waals surface area contributed by atoms with Crippen LogP contribution in [0.4, 0.5) is 34.1 Å². The summed E-state index contributed by atoms with van der Waals surface area (Å²) in [4.78, 5) is 4.81. The number of fused-ring (bicyclic) bond motifs is 12. The number of benzene rings is 17. The van der Waals surface area contributed by atoms with Crippen molar-refractivity contribution in [3.05, 3.63) is 452 Å². The van der Waals surface area contributed by atoms with Crippen LogP contribution in [0.5, 0.6) is 0 Å². The molecule has 0 unspecified atom stereocenters. The Morgan fingerprint density at radius 3 is 0.901 bits per heavy atom. The Kier molecular flexibility index (Phi) is 17.6. The van der Waals surface area contributed by atoms with E-state index in [1.54, 1.807) is 0 Å². The van der Waals surface area contributed by atoms with Crippen LogP contribution in [0.1, 0.15) is 62.1 Å². The van der Waals surface area contributed by atoms with Gasteiger partial charge in [0, 0.05) is 61.1 Å². The van der Waals surface area contributed by atoms with Gasteiger partial charge in [0.15, 0.2) is 0 Å². The molecule has 2 aliphatic carbocycles. The standard InChI is InChI=1S/C58H43N.C48H32N2.2CH4/c1-57(2)53-24-14-12-22-49(53)51-36-34-47(38-55(51)57)59(46-32-30-43(31-33-46)42-28-26-41(27-29-42)40-16-6-3-7-17-40)48-35-37-52-50-23-13-15-25-54(50)58(56(52)39-48,44-18-8-4-9-19-44)45-20-10-5-11-21-45;1-3-11-33(12-4-1)35-19-25-39(26-20-35)49(40-27-21-36(22-28-40)34-13-5-2-6-14-34)41-29-23-37(24-30-41)38-31-44-42-15-7-9-17-46(42)50-47-18-10-8-16-43(47)45(32-38)48(44)50;;/h3-39H,1-2H3;1-32H;2*1H4. The molecule has 2 aromatic heterocycles. The zero-order valence-electron chi connectivity index (χ0n) is 60.7. The first-order valence-corrected chi connectivity index (χ1v) is 37.9. The van der Waals surface area contributed by atoms with Gasteiger partial charge in [-0.1, -0.05) is 350 Å². The van der Waals surface area contributed by atoms with Gasteiger partial charge in [0.2, 0.25) is 0 Å².